The zero-order chi connectivity index (χ0) is 14.7. The van der Waals surface area contributed by atoms with E-state index in [2.05, 4.69) is 10.3 Å². The summed E-state index contributed by atoms with van der Waals surface area (Å²) < 4.78 is 1.77. The number of carbonyl (C=O) groups excluding carboxylic acids is 1. The molecule has 0 aromatic carbocycles. The molecule has 1 aromatic heterocycles. The molecule has 2 aliphatic rings. The predicted octanol–water partition coefficient (Wildman–Crippen LogP) is 1.51. The number of carbonyl (C=O) groups is 1. The van der Waals surface area contributed by atoms with E-state index in [-0.39, 0.29) is 18.6 Å². The Morgan fingerprint density at radius 2 is 1.86 bits per heavy atom. The Balaban J connectivity index is 1.51. The maximum Gasteiger partial charge on any atom is 0.225 e. The summed E-state index contributed by atoms with van der Waals surface area (Å²) in [4.78, 5) is 14.5. The van der Waals surface area contributed by atoms with Crippen LogP contribution in [0.4, 0.5) is 0 Å². The van der Waals surface area contributed by atoms with E-state index in [4.69, 9.17) is 5.11 Å². The Bertz CT molecular complexity index is 474. The van der Waals surface area contributed by atoms with Crippen molar-refractivity contribution in [2.45, 2.75) is 57.6 Å². The Morgan fingerprint density at radius 3 is 2.48 bits per heavy atom. The number of nitrogens with zero attached hydrogens (tertiary/aromatic N) is 4. The molecule has 0 unspecified atom stereocenters. The van der Waals surface area contributed by atoms with E-state index in [1.54, 1.807) is 10.9 Å². The molecule has 1 aromatic rings. The second-order valence-corrected chi connectivity index (χ2v) is 6.29. The summed E-state index contributed by atoms with van der Waals surface area (Å²) in [6.07, 6.45) is 10.1. The minimum Gasteiger partial charge on any atom is -0.390 e. The molecule has 21 heavy (non-hydrogen) atoms. The van der Waals surface area contributed by atoms with Crippen LogP contribution in [0, 0.1) is 5.92 Å². The van der Waals surface area contributed by atoms with Gasteiger partial charge in [0.2, 0.25) is 5.91 Å². The maximum atomic E-state index is 12.5. The highest BCUT2D eigenvalue weighted by molar-refractivity contribution is 5.79. The fourth-order valence-corrected chi connectivity index (χ4v) is 3.33. The van der Waals surface area contributed by atoms with Gasteiger partial charge in [-0.05, 0) is 12.8 Å². The van der Waals surface area contributed by atoms with Crippen molar-refractivity contribution in [1.82, 2.24) is 19.9 Å². The average molecular weight is 292 g/mol. The first-order valence-corrected chi connectivity index (χ1v) is 8.08. The largest absolute Gasteiger partial charge is 0.390 e. The van der Waals surface area contributed by atoms with E-state index in [0.717, 1.165) is 25.9 Å². The molecule has 2 heterocycles. The second-order valence-electron chi connectivity index (χ2n) is 6.29. The van der Waals surface area contributed by atoms with Gasteiger partial charge in [-0.1, -0.05) is 37.3 Å². The molecule has 1 saturated heterocycles. The topological polar surface area (TPSA) is 71.2 Å². The fourth-order valence-electron chi connectivity index (χ4n) is 3.33. The number of likely N-dealkylation sites (tertiary alicyclic amines) is 1. The van der Waals surface area contributed by atoms with E-state index in [9.17, 15) is 4.79 Å². The van der Waals surface area contributed by atoms with Crippen molar-refractivity contribution in [3.8, 4) is 0 Å². The normalized spacial score (nSPS) is 21.7. The summed E-state index contributed by atoms with van der Waals surface area (Å²) in [5.74, 6) is 0.561. The number of rotatable bonds is 3. The molecule has 0 radical (unpaired) electrons. The quantitative estimate of drug-likeness (QED) is 0.916. The van der Waals surface area contributed by atoms with Gasteiger partial charge in [-0.2, -0.15) is 0 Å². The van der Waals surface area contributed by atoms with Gasteiger partial charge in [0.05, 0.1) is 18.8 Å². The first-order chi connectivity index (χ1) is 10.3. The van der Waals surface area contributed by atoms with Gasteiger partial charge in [0, 0.05) is 19.0 Å². The summed E-state index contributed by atoms with van der Waals surface area (Å²) in [5.41, 5.74) is 0.583. The minimum absolute atomic E-state index is 0.0859. The molecule has 6 heteroatoms. The standard InChI is InChI=1S/C15H24N4O2/c20-11-13-8-19(17-16-13)14-9-18(10-14)15(21)12-6-4-2-1-3-5-7-12/h8,12,14,20H,1-7,9-11H2. The van der Waals surface area contributed by atoms with Crippen LogP contribution in [0.5, 0.6) is 0 Å². The zero-order valence-corrected chi connectivity index (χ0v) is 12.4. The second kappa shape index (κ2) is 6.56. The van der Waals surface area contributed by atoms with Crippen LogP contribution in [-0.4, -0.2) is 44.0 Å². The van der Waals surface area contributed by atoms with Gasteiger partial charge in [-0.3, -0.25) is 4.79 Å². The number of aliphatic hydroxyl groups excluding tert-OH is 1. The van der Waals surface area contributed by atoms with Crippen molar-refractivity contribution < 1.29 is 9.90 Å². The third-order valence-corrected chi connectivity index (χ3v) is 4.72. The highest BCUT2D eigenvalue weighted by atomic mass is 16.3. The van der Waals surface area contributed by atoms with Gasteiger partial charge in [0.15, 0.2) is 0 Å². The Kier molecular flexibility index (Phi) is 4.53. The van der Waals surface area contributed by atoms with Crippen LogP contribution < -0.4 is 0 Å². The van der Waals surface area contributed by atoms with Crippen LogP contribution >= 0.6 is 0 Å². The highest BCUT2D eigenvalue weighted by Crippen LogP contribution is 2.28. The van der Waals surface area contributed by atoms with E-state index < -0.39 is 0 Å². The number of aliphatic hydroxyl groups is 1. The number of amides is 1. The van der Waals surface area contributed by atoms with Gasteiger partial charge >= 0.3 is 0 Å². The summed E-state index contributed by atoms with van der Waals surface area (Å²) in [5, 5.41) is 16.9. The lowest BCUT2D eigenvalue weighted by atomic mass is 9.89. The molecule has 1 N–H and O–H groups in total. The molecule has 116 valence electrons. The van der Waals surface area contributed by atoms with Crippen LogP contribution in [0.15, 0.2) is 6.20 Å². The molecule has 2 fully saturated rings. The molecule has 0 spiro atoms. The van der Waals surface area contributed by atoms with Gasteiger partial charge in [0.25, 0.3) is 0 Å². The third kappa shape index (κ3) is 3.26. The number of aromatic nitrogens is 3. The molecule has 0 bridgehead atoms. The summed E-state index contributed by atoms with van der Waals surface area (Å²) in [6, 6.07) is 0.218. The minimum atomic E-state index is -0.0859. The first-order valence-electron chi connectivity index (χ1n) is 8.08. The maximum absolute atomic E-state index is 12.5. The molecular weight excluding hydrogens is 268 g/mol. The van der Waals surface area contributed by atoms with E-state index in [0.29, 0.717) is 11.6 Å². The smallest absolute Gasteiger partial charge is 0.225 e. The van der Waals surface area contributed by atoms with Crippen molar-refractivity contribution in [2.24, 2.45) is 5.92 Å². The molecule has 1 aliphatic heterocycles. The van der Waals surface area contributed by atoms with Gasteiger partial charge in [-0.15, -0.1) is 5.10 Å². The SMILES string of the molecule is O=C(C1CCCCCCC1)N1CC(n2cc(CO)nn2)C1. The van der Waals surface area contributed by atoms with Crippen LogP contribution in [0.3, 0.4) is 0 Å². The fraction of sp³-hybridized carbons (Fsp3) is 0.800. The third-order valence-electron chi connectivity index (χ3n) is 4.72. The van der Waals surface area contributed by atoms with Gasteiger partial charge < -0.3 is 10.0 Å². The van der Waals surface area contributed by atoms with Gasteiger partial charge in [-0.25, -0.2) is 4.68 Å². The van der Waals surface area contributed by atoms with Crippen LogP contribution in [0.1, 0.15) is 56.7 Å². The molecule has 3 rings (SSSR count). The predicted molar refractivity (Wildman–Crippen MR) is 77.4 cm³/mol. The van der Waals surface area contributed by atoms with E-state index in [1.807, 2.05) is 4.90 Å². The molecule has 6 nitrogen and oxygen atoms in total. The summed E-state index contributed by atoms with van der Waals surface area (Å²) in [7, 11) is 0. The monoisotopic (exact) mass is 292 g/mol. The van der Waals surface area contributed by atoms with Crippen molar-refractivity contribution in [3.05, 3.63) is 11.9 Å². The van der Waals surface area contributed by atoms with Crippen LogP contribution in [0.25, 0.3) is 0 Å². The van der Waals surface area contributed by atoms with Crippen molar-refractivity contribution in [3.63, 3.8) is 0 Å². The summed E-state index contributed by atoms with van der Waals surface area (Å²) >= 11 is 0. The molecule has 1 amide bonds. The van der Waals surface area contributed by atoms with Crippen LogP contribution in [-0.2, 0) is 11.4 Å². The van der Waals surface area contributed by atoms with E-state index in [1.165, 1.54) is 32.1 Å². The van der Waals surface area contributed by atoms with Crippen molar-refractivity contribution in [2.75, 3.05) is 13.1 Å². The Morgan fingerprint density at radius 1 is 1.19 bits per heavy atom. The van der Waals surface area contributed by atoms with Crippen LogP contribution in [0.2, 0.25) is 0 Å². The Hall–Kier alpha value is -1.43. The molecular formula is C15H24N4O2. The number of hydrogen-bond acceptors (Lipinski definition) is 4. The average Bonchev–Trinajstić information content (AvgIpc) is 2.85. The van der Waals surface area contributed by atoms with Crippen molar-refractivity contribution >= 4 is 5.91 Å². The summed E-state index contributed by atoms with van der Waals surface area (Å²) in [6.45, 7) is 1.37. The first kappa shape index (κ1) is 14.5. The molecule has 1 aliphatic carbocycles. The lowest BCUT2D eigenvalue weighted by molar-refractivity contribution is -0.142. The highest BCUT2D eigenvalue weighted by Gasteiger charge is 2.35. The molecule has 0 atom stereocenters. The number of hydrogen-bond donors (Lipinski definition) is 1. The molecule has 1 saturated carbocycles. The zero-order valence-electron chi connectivity index (χ0n) is 12.4. The van der Waals surface area contributed by atoms with E-state index >= 15 is 0 Å². The Labute approximate surface area is 125 Å². The van der Waals surface area contributed by atoms with Gasteiger partial charge in [0.1, 0.15) is 5.69 Å². The lowest BCUT2D eigenvalue weighted by Crippen LogP contribution is -2.52. The lowest BCUT2D eigenvalue weighted by Gasteiger charge is -2.41. The van der Waals surface area contributed by atoms with Crippen molar-refractivity contribution in [1.29, 1.82) is 0 Å².